The third-order valence-electron chi connectivity index (χ3n) is 4.39. The zero-order valence-corrected chi connectivity index (χ0v) is 11.8. The number of amides is 2. The van der Waals surface area contributed by atoms with Crippen LogP contribution in [-0.2, 0) is 4.79 Å². The number of hydrogen-bond acceptors (Lipinski definition) is 4. The third kappa shape index (κ3) is 2.64. The average molecular weight is 288 g/mol. The van der Waals surface area contributed by atoms with Crippen LogP contribution in [0, 0.1) is 5.92 Å². The van der Waals surface area contributed by atoms with E-state index >= 15 is 0 Å². The van der Waals surface area contributed by atoms with Crippen LogP contribution in [-0.4, -0.2) is 41.9 Å². The Kier molecular flexibility index (Phi) is 3.90. The van der Waals surface area contributed by atoms with Crippen molar-refractivity contribution in [3.63, 3.8) is 0 Å². The summed E-state index contributed by atoms with van der Waals surface area (Å²) in [7, 11) is 0. The van der Waals surface area contributed by atoms with Gasteiger partial charge >= 0.3 is 0 Å². The van der Waals surface area contributed by atoms with Crippen LogP contribution < -0.4 is 16.6 Å². The Balaban J connectivity index is 1.79. The predicted molar refractivity (Wildman–Crippen MR) is 78.1 cm³/mol. The third-order valence-corrected chi connectivity index (χ3v) is 4.39. The van der Waals surface area contributed by atoms with Crippen LogP contribution in [0.3, 0.4) is 0 Å². The minimum atomic E-state index is -0.323. The lowest BCUT2D eigenvalue weighted by Crippen LogP contribution is -2.52. The molecule has 21 heavy (non-hydrogen) atoms. The van der Waals surface area contributed by atoms with Crippen LogP contribution in [0.2, 0.25) is 0 Å². The highest BCUT2D eigenvalue weighted by atomic mass is 16.2. The second-order valence-electron chi connectivity index (χ2n) is 5.63. The molecule has 2 fully saturated rings. The van der Waals surface area contributed by atoms with Crippen LogP contribution in [0.5, 0.6) is 0 Å². The summed E-state index contributed by atoms with van der Waals surface area (Å²) in [6.07, 6.45) is 1.84. The van der Waals surface area contributed by atoms with Gasteiger partial charge < -0.3 is 10.6 Å². The van der Waals surface area contributed by atoms with Gasteiger partial charge in [-0.3, -0.25) is 20.4 Å². The summed E-state index contributed by atoms with van der Waals surface area (Å²) in [6.45, 7) is 1.24. The molecule has 0 radical (unpaired) electrons. The maximum Gasteiger partial charge on any atom is 0.254 e. The largest absolute Gasteiger partial charge is 0.369 e. The van der Waals surface area contributed by atoms with E-state index in [1.807, 2.05) is 35.2 Å². The molecule has 1 aromatic carbocycles. The summed E-state index contributed by atoms with van der Waals surface area (Å²) < 4.78 is 0. The molecule has 2 amide bonds. The van der Waals surface area contributed by atoms with Crippen molar-refractivity contribution in [2.75, 3.05) is 13.1 Å². The molecule has 6 nitrogen and oxygen atoms in total. The van der Waals surface area contributed by atoms with Gasteiger partial charge in [-0.1, -0.05) is 18.2 Å². The number of hydrazine groups is 1. The van der Waals surface area contributed by atoms with Gasteiger partial charge in [0.25, 0.3) is 5.91 Å². The number of carbonyl (C=O) groups is 2. The minimum absolute atomic E-state index is 0.00482. The number of hydrogen-bond donors (Lipinski definition) is 3. The Morgan fingerprint density at radius 1 is 1.24 bits per heavy atom. The lowest BCUT2D eigenvalue weighted by atomic mass is 9.93. The fraction of sp³-hybridized carbons (Fsp3) is 0.467. The van der Waals surface area contributed by atoms with Crippen molar-refractivity contribution in [2.24, 2.45) is 11.7 Å². The molecule has 0 saturated carbocycles. The minimum Gasteiger partial charge on any atom is -0.369 e. The summed E-state index contributed by atoms with van der Waals surface area (Å²) in [4.78, 5) is 26.1. The first-order valence-corrected chi connectivity index (χ1v) is 7.32. The van der Waals surface area contributed by atoms with E-state index in [0.717, 1.165) is 19.4 Å². The topological polar surface area (TPSA) is 87.5 Å². The summed E-state index contributed by atoms with van der Waals surface area (Å²) in [6, 6.07) is 9.15. The molecule has 0 bridgehead atoms. The van der Waals surface area contributed by atoms with E-state index in [4.69, 9.17) is 5.73 Å². The van der Waals surface area contributed by atoms with Crippen LogP contribution >= 0.6 is 0 Å². The molecule has 3 rings (SSSR count). The summed E-state index contributed by atoms with van der Waals surface area (Å²) in [5.74, 6) is -0.578. The zero-order chi connectivity index (χ0) is 14.8. The molecule has 0 spiro atoms. The number of likely N-dealkylation sites (tertiary alicyclic amines) is 1. The van der Waals surface area contributed by atoms with Gasteiger partial charge in [-0.15, -0.1) is 0 Å². The molecule has 2 aliphatic heterocycles. The average Bonchev–Trinajstić information content (AvgIpc) is 3.15. The van der Waals surface area contributed by atoms with Gasteiger partial charge in [-0.05, 0) is 25.0 Å². The molecule has 3 unspecified atom stereocenters. The predicted octanol–water partition coefficient (Wildman–Crippen LogP) is -0.131. The summed E-state index contributed by atoms with van der Waals surface area (Å²) in [5, 5.41) is 0. The number of primary amides is 1. The first-order valence-electron chi connectivity index (χ1n) is 7.32. The van der Waals surface area contributed by atoms with Gasteiger partial charge in [0.15, 0.2) is 0 Å². The maximum atomic E-state index is 12.7. The fourth-order valence-corrected chi connectivity index (χ4v) is 3.32. The SMILES string of the molecule is NC(=O)C1CNNC1C1CCCN1C(=O)c1ccccc1. The van der Waals surface area contributed by atoms with E-state index in [-0.39, 0.29) is 29.8 Å². The van der Waals surface area contributed by atoms with Gasteiger partial charge in [0.05, 0.1) is 12.0 Å². The number of nitrogens with one attached hydrogen (secondary N) is 2. The van der Waals surface area contributed by atoms with Crippen molar-refractivity contribution in [1.29, 1.82) is 0 Å². The molecule has 0 aromatic heterocycles. The van der Waals surface area contributed by atoms with Gasteiger partial charge in [0.1, 0.15) is 0 Å². The summed E-state index contributed by atoms with van der Waals surface area (Å²) >= 11 is 0. The normalized spacial score (nSPS) is 28.8. The molecule has 112 valence electrons. The van der Waals surface area contributed by atoms with E-state index in [1.54, 1.807) is 0 Å². The number of nitrogens with zero attached hydrogens (tertiary/aromatic N) is 1. The van der Waals surface area contributed by atoms with Crippen LogP contribution in [0.25, 0.3) is 0 Å². The first kappa shape index (κ1) is 14.0. The van der Waals surface area contributed by atoms with Crippen molar-refractivity contribution in [2.45, 2.75) is 24.9 Å². The standard InChI is InChI=1S/C15H20N4O2/c16-14(20)11-9-17-18-13(11)12-7-4-8-19(12)15(21)10-5-2-1-3-6-10/h1-3,5-6,11-13,17-18H,4,7-9H2,(H2,16,20). The van der Waals surface area contributed by atoms with E-state index in [0.29, 0.717) is 12.1 Å². The van der Waals surface area contributed by atoms with Gasteiger partial charge in [0, 0.05) is 24.7 Å². The van der Waals surface area contributed by atoms with Gasteiger partial charge in [-0.2, -0.15) is 0 Å². The molecular weight excluding hydrogens is 268 g/mol. The molecule has 2 aliphatic rings. The number of nitrogens with two attached hydrogens (primary N) is 1. The Morgan fingerprint density at radius 3 is 2.71 bits per heavy atom. The molecule has 2 saturated heterocycles. The Bertz CT molecular complexity index is 534. The molecule has 0 aliphatic carbocycles. The Morgan fingerprint density at radius 2 is 2.00 bits per heavy atom. The highest BCUT2D eigenvalue weighted by Gasteiger charge is 2.43. The Labute approximate surface area is 123 Å². The zero-order valence-electron chi connectivity index (χ0n) is 11.8. The molecule has 4 N–H and O–H groups in total. The number of carbonyl (C=O) groups excluding carboxylic acids is 2. The first-order chi connectivity index (χ1) is 10.2. The molecule has 2 heterocycles. The van der Waals surface area contributed by atoms with E-state index in [2.05, 4.69) is 10.9 Å². The van der Waals surface area contributed by atoms with Gasteiger partial charge in [-0.25, -0.2) is 0 Å². The van der Waals surface area contributed by atoms with Crippen LogP contribution in [0.1, 0.15) is 23.2 Å². The van der Waals surface area contributed by atoms with Crippen LogP contribution in [0.15, 0.2) is 30.3 Å². The van der Waals surface area contributed by atoms with E-state index in [1.165, 1.54) is 0 Å². The Hall–Kier alpha value is -1.92. The summed E-state index contributed by atoms with van der Waals surface area (Å²) in [5.41, 5.74) is 12.3. The lowest BCUT2D eigenvalue weighted by Gasteiger charge is -2.31. The molecular formula is C15H20N4O2. The number of rotatable bonds is 3. The van der Waals surface area contributed by atoms with Crippen molar-refractivity contribution in [3.8, 4) is 0 Å². The highest BCUT2D eigenvalue weighted by molar-refractivity contribution is 5.94. The van der Waals surface area contributed by atoms with Crippen molar-refractivity contribution >= 4 is 11.8 Å². The molecule has 6 heteroatoms. The monoisotopic (exact) mass is 288 g/mol. The quantitative estimate of drug-likeness (QED) is 0.723. The van der Waals surface area contributed by atoms with Crippen molar-refractivity contribution in [3.05, 3.63) is 35.9 Å². The number of benzene rings is 1. The maximum absolute atomic E-state index is 12.7. The molecule has 1 aromatic rings. The van der Waals surface area contributed by atoms with Crippen LogP contribution in [0.4, 0.5) is 0 Å². The lowest BCUT2D eigenvalue weighted by molar-refractivity contribution is -0.122. The van der Waals surface area contributed by atoms with Crippen molar-refractivity contribution in [1.82, 2.24) is 15.8 Å². The highest BCUT2D eigenvalue weighted by Crippen LogP contribution is 2.27. The second kappa shape index (κ2) is 5.83. The van der Waals surface area contributed by atoms with E-state index in [9.17, 15) is 9.59 Å². The smallest absolute Gasteiger partial charge is 0.254 e. The fourth-order valence-electron chi connectivity index (χ4n) is 3.32. The van der Waals surface area contributed by atoms with Crippen molar-refractivity contribution < 1.29 is 9.59 Å². The van der Waals surface area contributed by atoms with Gasteiger partial charge in [0.2, 0.25) is 5.91 Å². The van der Waals surface area contributed by atoms with E-state index < -0.39 is 0 Å². The second-order valence-corrected chi connectivity index (χ2v) is 5.63. The molecule has 3 atom stereocenters.